The molecule has 18 heavy (non-hydrogen) atoms. The Kier molecular flexibility index (Phi) is 4.29. The van der Waals surface area contributed by atoms with E-state index in [-0.39, 0.29) is 0 Å². The first-order valence-electron chi connectivity index (χ1n) is 6.09. The molecule has 0 radical (unpaired) electrons. The zero-order chi connectivity index (χ0) is 13.1. The maximum absolute atomic E-state index is 4.44. The van der Waals surface area contributed by atoms with E-state index in [2.05, 4.69) is 48.2 Å². The lowest BCUT2D eigenvalue weighted by Gasteiger charge is -2.02. The Morgan fingerprint density at radius 1 is 1.17 bits per heavy atom. The third-order valence-electron chi connectivity index (χ3n) is 2.18. The third kappa shape index (κ3) is 3.49. The Balaban J connectivity index is 2.11. The summed E-state index contributed by atoms with van der Waals surface area (Å²) in [4.78, 5) is 5.55. The average Bonchev–Trinajstić information content (AvgIpc) is 2.85. The lowest BCUT2D eigenvalue weighted by Crippen LogP contribution is -2.08. The molecular formula is C12H18N4S2. The first-order chi connectivity index (χ1) is 8.54. The molecule has 1 N–H and O–H groups in total. The molecule has 0 fully saturated rings. The van der Waals surface area contributed by atoms with Crippen molar-refractivity contribution < 1.29 is 0 Å². The first-order valence-corrected chi connectivity index (χ1v) is 7.73. The highest BCUT2D eigenvalue weighted by Gasteiger charge is 2.11. The second-order valence-corrected chi connectivity index (χ2v) is 7.02. The highest BCUT2D eigenvalue weighted by molar-refractivity contribution is 7.23. The third-order valence-corrected chi connectivity index (χ3v) is 4.23. The van der Waals surface area contributed by atoms with E-state index in [9.17, 15) is 0 Å². The summed E-state index contributed by atoms with van der Waals surface area (Å²) in [7, 11) is 0. The summed E-state index contributed by atoms with van der Waals surface area (Å²) in [5.41, 5.74) is 0. The quantitative estimate of drug-likeness (QED) is 0.909. The van der Waals surface area contributed by atoms with Crippen molar-refractivity contribution >= 4 is 27.8 Å². The van der Waals surface area contributed by atoms with Crippen LogP contribution in [0.3, 0.4) is 0 Å². The summed E-state index contributed by atoms with van der Waals surface area (Å²) in [6.45, 7) is 8.59. The Labute approximate surface area is 116 Å². The summed E-state index contributed by atoms with van der Waals surface area (Å²) in [5, 5.41) is 14.6. The molecule has 0 aliphatic rings. The van der Waals surface area contributed by atoms with Gasteiger partial charge >= 0.3 is 0 Å². The zero-order valence-electron chi connectivity index (χ0n) is 11.1. The van der Waals surface area contributed by atoms with Crippen LogP contribution in [0.4, 0.5) is 5.13 Å². The largest absolute Gasteiger partial charge is 0.358 e. The Hall–Kier alpha value is -1.01. The van der Waals surface area contributed by atoms with Crippen molar-refractivity contribution in [3.8, 4) is 9.88 Å². The van der Waals surface area contributed by atoms with E-state index in [4.69, 9.17) is 0 Å². The van der Waals surface area contributed by atoms with Crippen LogP contribution in [0.1, 0.15) is 32.7 Å². The van der Waals surface area contributed by atoms with E-state index in [0.29, 0.717) is 12.0 Å². The van der Waals surface area contributed by atoms with Crippen molar-refractivity contribution in [2.75, 3.05) is 5.32 Å². The van der Waals surface area contributed by atoms with E-state index < -0.39 is 0 Å². The van der Waals surface area contributed by atoms with Gasteiger partial charge in [0, 0.05) is 18.7 Å². The summed E-state index contributed by atoms with van der Waals surface area (Å²) >= 11 is 3.30. The van der Waals surface area contributed by atoms with E-state index in [1.165, 1.54) is 5.01 Å². The van der Waals surface area contributed by atoms with Crippen molar-refractivity contribution in [2.24, 2.45) is 5.92 Å². The van der Waals surface area contributed by atoms with Crippen LogP contribution < -0.4 is 5.32 Å². The highest BCUT2D eigenvalue weighted by Crippen LogP contribution is 2.31. The molecule has 0 amide bonds. The van der Waals surface area contributed by atoms with Crippen LogP contribution in [-0.4, -0.2) is 21.2 Å². The summed E-state index contributed by atoms with van der Waals surface area (Å²) in [5.74, 6) is 0.636. The minimum absolute atomic E-state index is 0.378. The standard InChI is InChI=1S/C12H18N4S2/c1-7(2)5-10-13-6-9(17-10)11-15-16-12(18-11)14-8(3)4/h6-8H,5H2,1-4H3,(H,14,16). The van der Waals surface area contributed by atoms with Crippen LogP contribution in [0.5, 0.6) is 0 Å². The molecule has 2 aromatic rings. The van der Waals surface area contributed by atoms with Crippen LogP contribution in [0.25, 0.3) is 9.88 Å². The first kappa shape index (κ1) is 13.4. The Morgan fingerprint density at radius 3 is 2.61 bits per heavy atom. The van der Waals surface area contributed by atoms with Crippen LogP contribution in [0.2, 0.25) is 0 Å². The van der Waals surface area contributed by atoms with Gasteiger partial charge < -0.3 is 5.32 Å². The van der Waals surface area contributed by atoms with Gasteiger partial charge in [-0.05, 0) is 19.8 Å². The van der Waals surface area contributed by atoms with Gasteiger partial charge in [-0.15, -0.1) is 21.5 Å². The molecule has 98 valence electrons. The molecule has 0 unspecified atom stereocenters. The fourth-order valence-electron chi connectivity index (χ4n) is 1.48. The maximum atomic E-state index is 4.44. The average molecular weight is 282 g/mol. The molecule has 0 aromatic carbocycles. The normalized spacial score (nSPS) is 11.4. The second-order valence-electron chi connectivity index (χ2n) is 4.93. The zero-order valence-corrected chi connectivity index (χ0v) is 12.7. The number of hydrogen-bond acceptors (Lipinski definition) is 6. The number of thiazole rings is 1. The van der Waals surface area contributed by atoms with Gasteiger partial charge in [0.2, 0.25) is 5.13 Å². The SMILES string of the molecule is CC(C)Cc1ncc(-c2nnc(NC(C)C)s2)s1. The molecule has 0 aliphatic carbocycles. The summed E-state index contributed by atoms with van der Waals surface area (Å²) in [6, 6.07) is 0.378. The molecule has 2 aromatic heterocycles. The minimum Gasteiger partial charge on any atom is -0.358 e. The lowest BCUT2D eigenvalue weighted by atomic mass is 10.1. The van der Waals surface area contributed by atoms with Gasteiger partial charge in [0.05, 0.1) is 9.88 Å². The predicted octanol–water partition coefficient (Wildman–Crippen LogP) is 3.68. The summed E-state index contributed by atoms with van der Waals surface area (Å²) in [6.07, 6.45) is 2.93. The van der Waals surface area contributed by atoms with Gasteiger partial charge in [-0.3, -0.25) is 0 Å². The maximum Gasteiger partial charge on any atom is 0.206 e. The molecule has 4 nitrogen and oxygen atoms in total. The molecule has 0 atom stereocenters. The van der Waals surface area contributed by atoms with Gasteiger partial charge in [-0.25, -0.2) is 4.98 Å². The van der Waals surface area contributed by atoms with Gasteiger partial charge in [-0.1, -0.05) is 25.2 Å². The molecule has 0 saturated heterocycles. The van der Waals surface area contributed by atoms with Gasteiger partial charge in [0.25, 0.3) is 0 Å². The summed E-state index contributed by atoms with van der Waals surface area (Å²) < 4.78 is 0. The topological polar surface area (TPSA) is 50.7 Å². The predicted molar refractivity (Wildman–Crippen MR) is 78.3 cm³/mol. The Bertz CT molecular complexity index is 455. The number of anilines is 1. The van der Waals surface area contributed by atoms with Crippen molar-refractivity contribution in [1.82, 2.24) is 15.2 Å². The van der Waals surface area contributed by atoms with Gasteiger partial charge in [-0.2, -0.15) is 0 Å². The van der Waals surface area contributed by atoms with Gasteiger partial charge in [0.1, 0.15) is 0 Å². The molecular weight excluding hydrogens is 264 g/mol. The van der Waals surface area contributed by atoms with Crippen molar-refractivity contribution in [1.29, 1.82) is 0 Å². The molecule has 2 rings (SSSR count). The number of nitrogens with one attached hydrogen (secondary N) is 1. The van der Waals surface area contributed by atoms with Crippen molar-refractivity contribution in [3.05, 3.63) is 11.2 Å². The number of hydrogen-bond donors (Lipinski definition) is 1. The lowest BCUT2D eigenvalue weighted by molar-refractivity contribution is 0.644. The smallest absolute Gasteiger partial charge is 0.206 e. The molecule has 0 spiro atoms. The molecule has 0 saturated carbocycles. The van der Waals surface area contributed by atoms with E-state index >= 15 is 0 Å². The van der Waals surface area contributed by atoms with Crippen LogP contribution in [-0.2, 0) is 6.42 Å². The highest BCUT2D eigenvalue weighted by atomic mass is 32.1. The monoisotopic (exact) mass is 282 g/mol. The number of aromatic nitrogens is 3. The van der Waals surface area contributed by atoms with Crippen molar-refractivity contribution in [2.45, 2.75) is 40.2 Å². The van der Waals surface area contributed by atoms with Gasteiger partial charge in [0.15, 0.2) is 5.01 Å². The number of nitrogens with zero attached hydrogens (tertiary/aromatic N) is 3. The van der Waals surface area contributed by atoms with E-state index in [1.807, 2.05) is 6.20 Å². The fraction of sp³-hybridized carbons (Fsp3) is 0.583. The molecule has 2 heterocycles. The van der Waals surface area contributed by atoms with Crippen LogP contribution >= 0.6 is 22.7 Å². The van der Waals surface area contributed by atoms with Crippen LogP contribution in [0.15, 0.2) is 6.20 Å². The van der Waals surface area contributed by atoms with E-state index in [1.54, 1.807) is 22.7 Å². The second kappa shape index (κ2) is 5.75. The Morgan fingerprint density at radius 2 is 1.94 bits per heavy atom. The van der Waals surface area contributed by atoms with E-state index in [0.717, 1.165) is 21.4 Å². The molecule has 6 heteroatoms. The molecule has 0 bridgehead atoms. The minimum atomic E-state index is 0.378. The van der Waals surface area contributed by atoms with Crippen LogP contribution in [0, 0.1) is 5.92 Å². The van der Waals surface area contributed by atoms with Crippen molar-refractivity contribution in [3.63, 3.8) is 0 Å². The number of rotatable bonds is 5. The fourth-order valence-corrected chi connectivity index (χ4v) is 3.53. The molecule has 0 aliphatic heterocycles.